The van der Waals surface area contributed by atoms with Gasteiger partial charge in [0.25, 0.3) is 0 Å². The maximum atomic E-state index is 11.3. The molecule has 0 aliphatic heterocycles. The molecule has 3 N–H and O–H groups in total. The van der Waals surface area contributed by atoms with Crippen molar-refractivity contribution in [3.63, 3.8) is 0 Å². The number of rotatable bonds is 11. The quantitative estimate of drug-likeness (QED) is 0.544. The fourth-order valence-corrected chi connectivity index (χ4v) is 1.38. The van der Waals surface area contributed by atoms with Crippen molar-refractivity contribution in [1.29, 1.82) is 0 Å². The zero-order chi connectivity index (χ0) is 12.9. The summed E-state index contributed by atoms with van der Waals surface area (Å²) < 4.78 is 5.41. The Hall–Kier alpha value is -0.610. The third-order valence-corrected chi connectivity index (χ3v) is 2.52. The minimum Gasteiger partial charge on any atom is -0.380 e. The Morgan fingerprint density at radius 3 is 2.65 bits per heavy atom. The molecule has 0 unspecified atom stereocenters. The van der Waals surface area contributed by atoms with Crippen LogP contribution in [0.15, 0.2) is 0 Å². The van der Waals surface area contributed by atoms with Gasteiger partial charge in [-0.15, -0.1) is 0 Å². The number of hydrogen-bond acceptors (Lipinski definition) is 3. The van der Waals surface area contributed by atoms with E-state index in [4.69, 9.17) is 10.5 Å². The molecule has 0 rings (SSSR count). The highest BCUT2D eigenvalue weighted by Crippen LogP contribution is 1.99. The molecule has 0 saturated heterocycles. The third-order valence-electron chi connectivity index (χ3n) is 2.52. The molecule has 4 nitrogen and oxygen atoms in total. The molecule has 1 amide bonds. The summed E-state index contributed by atoms with van der Waals surface area (Å²) in [6.07, 6.45) is 4.65. The first-order chi connectivity index (χ1) is 8.16. The van der Waals surface area contributed by atoms with Gasteiger partial charge in [0.15, 0.2) is 0 Å². The Morgan fingerprint density at radius 2 is 2.00 bits per heavy atom. The van der Waals surface area contributed by atoms with Gasteiger partial charge in [-0.05, 0) is 31.7 Å². The second-order valence-corrected chi connectivity index (χ2v) is 4.74. The highest BCUT2D eigenvalue weighted by Gasteiger charge is 2.00. The molecule has 17 heavy (non-hydrogen) atoms. The van der Waals surface area contributed by atoms with E-state index in [-0.39, 0.29) is 5.91 Å². The number of carbonyl (C=O) groups excluding carboxylic acids is 1. The molecule has 4 heteroatoms. The minimum absolute atomic E-state index is 0.120. The first-order valence-electron chi connectivity index (χ1n) is 6.71. The maximum absolute atomic E-state index is 11.3. The van der Waals surface area contributed by atoms with Gasteiger partial charge in [0.05, 0.1) is 6.61 Å². The predicted molar refractivity (Wildman–Crippen MR) is 70.8 cm³/mol. The lowest BCUT2D eigenvalue weighted by molar-refractivity contribution is -0.121. The Balaban J connectivity index is 3.16. The van der Waals surface area contributed by atoms with Crippen molar-refractivity contribution in [3.05, 3.63) is 0 Å². The molecule has 0 aliphatic rings. The van der Waals surface area contributed by atoms with E-state index in [0.717, 1.165) is 32.3 Å². The normalized spacial score (nSPS) is 10.8. The number of hydrogen-bond donors (Lipinski definition) is 2. The van der Waals surface area contributed by atoms with Crippen LogP contribution in [0, 0.1) is 5.92 Å². The summed E-state index contributed by atoms with van der Waals surface area (Å²) in [4.78, 5) is 11.3. The van der Waals surface area contributed by atoms with Crippen LogP contribution in [0.2, 0.25) is 0 Å². The summed E-state index contributed by atoms with van der Waals surface area (Å²) >= 11 is 0. The average Bonchev–Trinajstić information content (AvgIpc) is 2.29. The molecule has 0 bridgehead atoms. The molecule has 0 aromatic heterocycles. The second-order valence-electron chi connectivity index (χ2n) is 4.74. The van der Waals surface area contributed by atoms with Crippen LogP contribution in [0.1, 0.15) is 46.0 Å². The second kappa shape index (κ2) is 11.9. The maximum Gasteiger partial charge on any atom is 0.220 e. The van der Waals surface area contributed by atoms with Crippen molar-refractivity contribution in [1.82, 2.24) is 5.32 Å². The number of ether oxygens (including phenoxy) is 1. The summed E-state index contributed by atoms with van der Waals surface area (Å²) in [5.74, 6) is 0.793. The molecule has 0 spiro atoms. The van der Waals surface area contributed by atoms with Gasteiger partial charge in [-0.2, -0.15) is 0 Å². The third kappa shape index (κ3) is 13.3. The van der Waals surface area contributed by atoms with E-state index >= 15 is 0 Å². The largest absolute Gasteiger partial charge is 0.380 e. The smallest absolute Gasteiger partial charge is 0.220 e. The monoisotopic (exact) mass is 244 g/mol. The highest BCUT2D eigenvalue weighted by atomic mass is 16.5. The number of carbonyl (C=O) groups is 1. The fourth-order valence-electron chi connectivity index (χ4n) is 1.38. The van der Waals surface area contributed by atoms with Crippen LogP contribution < -0.4 is 11.1 Å². The number of unbranched alkanes of at least 4 members (excludes halogenated alkanes) is 2. The summed E-state index contributed by atoms with van der Waals surface area (Å²) in [6, 6.07) is 0. The summed E-state index contributed by atoms with van der Waals surface area (Å²) in [5, 5.41) is 2.85. The van der Waals surface area contributed by atoms with Crippen LogP contribution in [-0.2, 0) is 9.53 Å². The van der Waals surface area contributed by atoms with E-state index in [0.29, 0.717) is 32.0 Å². The fraction of sp³-hybridized carbons (Fsp3) is 0.923. The van der Waals surface area contributed by atoms with E-state index in [9.17, 15) is 4.79 Å². The van der Waals surface area contributed by atoms with Crippen LogP contribution in [0.4, 0.5) is 0 Å². The van der Waals surface area contributed by atoms with E-state index < -0.39 is 0 Å². The van der Waals surface area contributed by atoms with Gasteiger partial charge in [-0.3, -0.25) is 4.79 Å². The number of nitrogens with one attached hydrogen (secondary N) is 1. The molecular formula is C13H28N2O2. The van der Waals surface area contributed by atoms with E-state index in [1.807, 2.05) is 0 Å². The lowest BCUT2D eigenvalue weighted by Crippen LogP contribution is -2.27. The van der Waals surface area contributed by atoms with E-state index in [1.165, 1.54) is 0 Å². The molecule has 0 aromatic rings. The topological polar surface area (TPSA) is 64.3 Å². The van der Waals surface area contributed by atoms with Crippen molar-refractivity contribution in [2.24, 2.45) is 11.7 Å². The summed E-state index contributed by atoms with van der Waals surface area (Å²) in [5.41, 5.74) is 5.38. The first-order valence-corrected chi connectivity index (χ1v) is 6.71. The van der Waals surface area contributed by atoms with Gasteiger partial charge < -0.3 is 15.8 Å². The highest BCUT2D eigenvalue weighted by molar-refractivity contribution is 5.75. The molecule has 0 saturated carbocycles. The van der Waals surface area contributed by atoms with Crippen LogP contribution in [0.5, 0.6) is 0 Å². The van der Waals surface area contributed by atoms with Crippen molar-refractivity contribution >= 4 is 5.91 Å². The van der Waals surface area contributed by atoms with Crippen molar-refractivity contribution in [2.75, 3.05) is 26.3 Å². The molecule has 0 atom stereocenters. The lowest BCUT2D eigenvalue weighted by atomic mass is 10.1. The van der Waals surface area contributed by atoms with Crippen molar-refractivity contribution < 1.29 is 9.53 Å². The number of nitrogens with two attached hydrogens (primary N) is 1. The zero-order valence-corrected chi connectivity index (χ0v) is 11.3. The van der Waals surface area contributed by atoms with Crippen LogP contribution in [0.3, 0.4) is 0 Å². The molecule has 0 heterocycles. The molecule has 102 valence electrons. The SMILES string of the molecule is CC(C)CCOCCNC(=O)CCCCCN. The van der Waals surface area contributed by atoms with Gasteiger partial charge in [0.1, 0.15) is 0 Å². The van der Waals surface area contributed by atoms with Gasteiger partial charge in [-0.25, -0.2) is 0 Å². The van der Waals surface area contributed by atoms with Crippen molar-refractivity contribution in [3.8, 4) is 0 Å². The molecule has 0 aromatic carbocycles. The Bertz CT molecular complexity index is 184. The van der Waals surface area contributed by atoms with E-state index in [1.54, 1.807) is 0 Å². The van der Waals surface area contributed by atoms with E-state index in [2.05, 4.69) is 19.2 Å². The Kier molecular flexibility index (Phi) is 11.4. The summed E-state index contributed by atoms with van der Waals surface area (Å²) in [6.45, 7) is 7.07. The Morgan fingerprint density at radius 1 is 1.24 bits per heavy atom. The molecule has 0 radical (unpaired) electrons. The van der Waals surface area contributed by atoms with Gasteiger partial charge in [0.2, 0.25) is 5.91 Å². The molecule has 0 fully saturated rings. The van der Waals surface area contributed by atoms with Gasteiger partial charge in [0, 0.05) is 19.6 Å². The van der Waals surface area contributed by atoms with Crippen LogP contribution >= 0.6 is 0 Å². The zero-order valence-electron chi connectivity index (χ0n) is 11.3. The standard InChI is InChI=1S/C13H28N2O2/c1-12(2)7-10-17-11-9-15-13(16)6-4-3-5-8-14/h12H,3-11,14H2,1-2H3,(H,15,16). The van der Waals surface area contributed by atoms with Crippen LogP contribution in [0.25, 0.3) is 0 Å². The molecular weight excluding hydrogens is 216 g/mol. The lowest BCUT2D eigenvalue weighted by Gasteiger charge is -2.07. The van der Waals surface area contributed by atoms with Crippen molar-refractivity contribution in [2.45, 2.75) is 46.0 Å². The Labute approximate surface area is 105 Å². The summed E-state index contributed by atoms with van der Waals surface area (Å²) in [7, 11) is 0. The number of amides is 1. The minimum atomic E-state index is 0.120. The van der Waals surface area contributed by atoms with Gasteiger partial charge in [-0.1, -0.05) is 20.3 Å². The molecule has 0 aliphatic carbocycles. The predicted octanol–water partition coefficient (Wildman–Crippen LogP) is 1.68. The van der Waals surface area contributed by atoms with Gasteiger partial charge >= 0.3 is 0 Å². The average molecular weight is 244 g/mol. The van der Waals surface area contributed by atoms with Crippen LogP contribution in [-0.4, -0.2) is 32.2 Å². The first kappa shape index (κ1) is 16.4.